The zero-order chi connectivity index (χ0) is 21.4. The lowest BCUT2D eigenvalue weighted by molar-refractivity contribution is -0.114. The van der Waals surface area contributed by atoms with E-state index in [1.807, 2.05) is 30.3 Å². The van der Waals surface area contributed by atoms with Crippen molar-refractivity contribution in [1.29, 1.82) is 0 Å². The number of aromatic nitrogens is 3. The van der Waals surface area contributed by atoms with E-state index in [-0.39, 0.29) is 18.5 Å². The van der Waals surface area contributed by atoms with Crippen LogP contribution in [-0.4, -0.2) is 64.2 Å². The van der Waals surface area contributed by atoms with Crippen molar-refractivity contribution in [3.63, 3.8) is 0 Å². The van der Waals surface area contributed by atoms with Crippen LogP contribution in [0, 0.1) is 0 Å². The third kappa shape index (κ3) is 3.27. The normalized spacial score (nSPS) is 14.7. The fraction of sp³-hybridized carbons (Fsp3) is 0.190. The van der Waals surface area contributed by atoms with Gasteiger partial charge in [0.1, 0.15) is 12.4 Å². The first-order chi connectivity index (χ1) is 15.2. The standard InChI is InChI=1S/C21H19N7O3/c1-31-18-8-7-14(11-23-18)25-17(29)13-27-20-16(19-22-9-10-26(19)21(27)30)12-24-28(20)15-5-3-2-4-6-15/h2-8,11-12H,9-10,13H2,1H3,(H,25,29). The summed E-state index contributed by atoms with van der Waals surface area (Å²) >= 11 is 0. The van der Waals surface area contributed by atoms with Crippen LogP contribution in [0.1, 0.15) is 5.56 Å². The number of methoxy groups -OCH3 is 1. The highest BCUT2D eigenvalue weighted by molar-refractivity contribution is 6.20. The summed E-state index contributed by atoms with van der Waals surface area (Å²) in [6, 6.07) is 12.5. The lowest BCUT2D eigenvalue weighted by Crippen LogP contribution is -2.52. The van der Waals surface area contributed by atoms with Crippen molar-refractivity contribution in [1.82, 2.24) is 19.7 Å². The highest BCUT2D eigenvalue weighted by Crippen LogP contribution is 2.32. The van der Waals surface area contributed by atoms with Gasteiger partial charge in [0, 0.05) is 12.6 Å². The number of anilines is 2. The molecule has 156 valence electrons. The summed E-state index contributed by atoms with van der Waals surface area (Å²) in [4.78, 5) is 37.6. The topological polar surface area (TPSA) is 105 Å². The molecule has 2 aliphatic heterocycles. The van der Waals surface area contributed by atoms with Crippen LogP contribution in [0.25, 0.3) is 5.69 Å². The third-order valence-electron chi connectivity index (χ3n) is 5.07. The van der Waals surface area contributed by atoms with E-state index >= 15 is 0 Å². The Balaban J connectivity index is 1.48. The number of carbonyl (C=O) groups is 2. The summed E-state index contributed by atoms with van der Waals surface area (Å²) < 4.78 is 6.69. The van der Waals surface area contributed by atoms with Gasteiger partial charge in [-0.2, -0.15) is 5.10 Å². The van der Waals surface area contributed by atoms with Crippen molar-refractivity contribution >= 4 is 29.3 Å². The first kappa shape index (κ1) is 18.8. The predicted molar refractivity (Wildman–Crippen MR) is 114 cm³/mol. The second-order valence-corrected chi connectivity index (χ2v) is 6.99. The average molecular weight is 417 g/mol. The summed E-state index contributed by atoms with van der Waals surface area (Å²) in [6.07, 6.45) is 3.18. The monoisotopic (exact) mass is 417 g/mol. The molecular weight excluding hydrogens is 398 g/mol. The number of carbonyl (C=O) groups excluding carboxylic acids is 2. The van der Waals surface area contributed by atoms with Crippen LogP contribution < -0.4 is 15.0 Å². The fourth-order valence-corrected chi connectivity index (χ4v) is 3.68. The highest BCUT2D eigenvalue weighted by atomic mass is 16.5. The van der Waals surface area contributed by atoms with Gasteiger partial charge in [0.05, 0.1) is 43.0 Å². The number of amides is 3. The first-order valence-corrected chi connectivity index (χ1v) is 9.73. The molecule has 0 saturated carbocycles. The predicted octanol–water partition coefficient (Wildman–Crippen LogP) is 1.92. The number of hydrogen-bond donors (Lipinski definition) is 1. The average Bonchev–Trinajstić information content (AvgIpc) is 3.45. The molecule has 1 N–H and O–H groups in total. The summed E-state index contributed by atoms with van der Waals surface area (Å²) in [5, 5.41) is 7.26. The van der Waals surface area contributed by atoms with Gasteiger partial charge in [0.25, 0.3) is 0 Å². The number of hydrogen-bond acceptors (Lipinski definition) is 6. The van der Waals surface area contributed by atoms with Crippen molar-refractivity contribution in [3.8, 4) is 11.6 Å². The molecular formula is C21H19N7O3. The summed E-state index contributed by atoms with van der Waals surface area (Å²) in [6.45, 7) is 0.819. The molecule has 31 heavy (non-hydrogen) atoms. The highest BCUT2D eigenvalue weighted by Gasteiger charge is 2.41. The molecule has 4 heterocycles. The van der Waals surface area contributed by atoms with Gasteiger partial charge in [-0.1, -0.05) is 18.2 Å². The molecule has 10 nitrogen and oxygen atoms in total. The largest absolute Gasteiger partial charge is 0.481 e. The number of urea groups is 1. The van der Waals surface area contributed by atoms with Crippen molar-refractivity contribution < 1.29 is 14.3 Å². The first-order valence-electron chi connectivity index (χ1n) is 9.73. The molecule has 0 unspecified atom stereocenters. The molecule has 0 radical (unpaired) electrons. The molecule has 3 amide bonds. The molecule has 0 fully saturated rings. The van der Waals surface area contributed by atoms with E-state index in [4.69, 9.17) is 4.74 Å². The Bertz CT molecular complexity index is 1170. The maximum absolute atomic E-state index is 13.2. The minimum Gasteiger partial charge on any atom is -0.481 e. The van der Waals surface area contributed by atoms with Gasteiger partial charge in [-0.3, -0.25) is 19.6 Å². The number of nitrogens with zero attached hydrogens (tertiary/aromatic N) is 6. The Labute approximate surface area is 177 Å². The Morgan fingerprint density at radius 1 is 1.16 bits per heavy atom. The number of amidine groups is 1. The molecule has 2 aromatic heterocycles. The van der Waals surface area contributed by atoms with Crippen LogP contribution in [0.4, 0.5) is 16.3 Å². The molecule has 5 rings (SSSR count). The zero-order valence-electron chi connectivity index (χ0n) is 16.7. The SMILES string of the molecule is COc1ccc(NC(=O)CN2C(=O)N3CCN=C3c3cnn(-c4ccccc4)c32)cn1. The van der Waals surface area contributed by atoms with E-state index in [2.05, 4.69) is 20.4 Å². The number of ether oxygens (including phenoxy) is 1. The number of para-hydroxylation sites is 1. The van der Waals surface area contributed by atoms with Gasteiger partial charge < -0.3 is 10.1 Å². The maximum Gasteiger partial charge on any atom is 0.331 e. The number of fused-ring (bicyclic) bond motifs is 3. The summed E-state index contributed by atoms with van der Waals surface area (Å²) in [7, 11) is 1.52. The van der Waals surface area contributed by atoms with Gasteiger partial charge in [0.15, 0.2) is 5.82 Å². The number of nitrogens with one attached hydrogen (secondary N) is 1. The molecule has 2 aliphatic rings. The van der Waals surface area contributed by atoms with Crippen LogP contribution in [0.5, 0.6) is 5.88 Å². The fourth-order valence-electron chi connectivity index (χ4n) is 3.68. The van der Waals surface area contributed by atoms with Crippen LogP contribution in [-0.2, 0) is 4.79 Å². The minimum absolute atomic E-state index is 0.180. The van der Waals surface area contributed by atoms with Gasteiger partial charge >= 0.3 is 6.03 Å². The number of benzene rings is 1. The molecule has 0 saturated heterocycles. The number of rotatable bonds is 5. The van der Waals surface area contributed by atoms with Crippen molar-refractivity contribution in [2.75, 3.05) is 37.0 Å². The van der Waals surface area contributed by atoms with E-state index in [0.717, 1.165) is 11.3 Å². The molecule has 1 aromatic carbocycles. The third-order valence-corrected chi connectivity index (χ3v) is 5.07. The number of aliphatic imine (C=N–C) groups is 1. The Hall–Kier alpha value is -4.21. The summed E-state index contributed by atoms with van der Waals surface area (Å²) in [5.41, 5.74) is 2.02. The molecule has 0 bridgehead atoms. The van der Waals surface area contributed by atoms with E-state index in [1.165, 1.54) is 18.2 Å². The molecule has 0 atom stereocenters. The minimum atomic E-state index is -0.355. The Morgan fingerprint density at radius 2 is 2.00 bits per heavy atom. The van der Waals surface area contributed by atoms with Crippen LogP contribution >= 0.6 is 0 Å². The molecule has 0 spiro atoms. The van der Waals surface area contributed by atoms with E-state index < -0.39 is 0 Å². The molecule has 10 heteroatoms. The smallest absolute Gasteiger partial charge is 0.331 e. The Morgan fingerprint density at radius 3 is 2.74 bits per heavy atom. The lowest BCUT2D eigenvalue weighted by atomic mass is 10.2. The van der Waals surface area contributed by atoms with E-state index in [0.29, 0.717) is 36.3 Å². The van der Waals surface area contributed by atoms with Gasteiger partial charge in [-0.15, -0.1) is 0 Å². The van der Waals surface area contributed by atoms with Gasteiger partial charge in [-0.25, -0.2) is 14.5 Å². The van der Waals surface area contributed by atoms with E-state index in [1.54, 1.807) is 27.9 Å². The van der Waals surface area contributed by atoms with Gasteiger partial charge in [-0.05, 0) is 18.2 Å². The quantitative estimate of drug-likeness (QED) is 0.683. The lowest BCUT2D eigenvalue weighted by Gasteiger charge is -2.33. The van der Waals surface area contributed by atoms with Crippen molar-refractivity contribution in [2.45, 2.75) is 0 Å². The molecule has 0 aliphatic carbocycles. The van der Waals surface area contributed by atoms with Crippen LogP contribution in [0.2, 0.25) is 0 Å². The second kappa shape index (κ2) is 7.56. The molecule has 3 aromatic rings. The van der Waals surface area contributed by atoms with Crippen LogP contribution in [0.15, 0.2) is 59.9 Å². The summed E-state index contributed by atoms with van der Waals surface area (Å²) in [5.74, 6) is 1.21. The van der Waals surface area contributed by atoms with Gasteiger partial charge in [0.2, 0.25) is 11.8 Å². The zero-order valence-corrected chi connectivity index (χ0v) is 16.7. The van der Waals surface area contributed by atoms with E-state index in [9.17, 15) is 9.59 Å². The van der Waals surface area contributed by atoms with Crippen LogP contribution in [0.3, 0.4) is 0 Å². The van der Waals surface area contributed by atoms with Crippen molar-refractivity contribution in [3.05, 3.63) is 60.4 Å². The second-order valence-electron chi connectivity index (χ2n) is 6.99. The number of pyridine rings is 1. The maximum atomic E-state index is 13.2. The van der Waals surface area contributed by atoms with Crippen molar-refractivity contribution in [2.24, 2.45) is 4.99 Å². The Kier molecular flexibility index (Phi) is 4.58.